The fraction of sp³-hybridized carbons (Fsp3) is 0.619. The van der Waals surface area contributed by atoms with Crippen LogP contribution in [0.15, 0.2) is 30.3 Å². The third-order valence-corrected chi connectivity index (χ3v) is 6.73. The van der Waals surface area contributed by atoms with Crippen molar-refractivity contribution in [3.8, 4) is 0 Å². The number of piperidine rings is 1. The summed E-state index contributed by atoms with van der Waals surface area (Å²) in [6, 6.07) is 10.6. The van der Waals surface area contributed by atoms with Crippen LogP contribution < -0.4 is 5.32 Å². The monoisotopic (exact) mass is 370 g/mol. The quantitative estimate of drug-likeness (QED) is 0.859. The zero-order valence-corrected chi connectivity index (χ0v) is 16.2. The fourth-order valence-electron chi connectivity index (χ4n) is 4.89. The summed E-state index contributed by atoms with van der Waals surface area (Å²) < 4.78 is 0. The Bertz CT molecular complexity index is 685. The number of benzene rings is 1. The molecule has 3 fully saturated rings. The topological polar surface area (TPSA) is 55.9 Å². The Morgan fingerprint density at radius 3 is 2.59 bits per heavy atom. The standard InChI is InChI=1S/C21H30N4O2/c1-23-14-10-22-20(27)21(23)8-12-25(13-9-21)19(26)16-24-11-7-18(15-24)17-5-3-2-4-6-17/h2-6,18H,7-16H2,1H3,(H,22,27)/t18-/m0/s1. The van der Waals surface area contributed by atoms with Gasteiger partial charge in [-0.1, -0.05) is 30.3 Å². The summed E-state index contributed by atoms with van der Waals surface area (Å²) >= 11 is 0. The normalized spacial score (nSPS) is 26.3. The second-order valence-corrected chi connectivity index (χ2v) is 8.22. The second kappa shape index (κ2) is 7.60. The van der Waals surface area contributed by atoms with Crippen LogP contribution in [0.4, 0.5) is 0 Å². The molecule has 27 heavy (non-hydrogen) atoms. The van der Waals surface area contributed by atoms with Crippen LogP contribution in [0.25, 0.3) is 0 Å². The van der Waals surface area contributed by atoms with Crippen LogP contribution in [0.1, 0.15) is 30.7 Å². The first-order chi connectivity index (χ1) is 13.1. The molecule has 3 heterocycles. The summed E-state index contributed by atoms with van der Waals surface area (Å²) in [6.07, 6.45) is 2.58. The lowest BCUT2D eigenvalue weighted by atomic mass is 9.83. The summed E-state index contributed by atoms with van der Waals surface area (Å²) in [5, 5.41) is 3.00. The van der Waals surface area contributed by atoms with Crippen molar-refractivity contribution >= 4 is 11.8 Å². The van der Waals surface area contributed by atoms with Gasteiger partial charge in [0.2, 0.25) is 11.8 Å². The average molecular weight is 370 g/mol. The van der Waals surface area contributed by atoms with Gasteiger partial charge in [0.1, 0.15) is 5.54 Å². The van der Waals surface area contributed by atoms with E-state index in [1.54, 1.807) is 0 Å². The Morgan fingerprint density at radius 1 is 1.15 bits per heavy atom. The number of nitrogens with one attached hydrogen (secondary N) is 1. The highest BCUT2D eigenvalue weighted by molar-refractivity contribution is 5.87. The van der Waals surface area contributed by atoms with Crippen LogP contribution in [-0.4, -0.2) is 84.9 Å². The molecule has 146 valence electrons. The number of hydrogen-bond acceptors (Lipinski definition) is 4. The molecule has 4 rings (SSSR count). The molecule has 1 aromatic carbocycles. The number of carbonyl (C=O) groups excluding carboxylic acids is 2. The highest BCUT2D eigenvalue weighted by Gasteiger charge is 2.47. The minimum atomic E-state index is -0.416. The van der Waals surface area contributed by atoms with Crippen molar-refractivity contribution in [1.29, 1.82) is 0 Å². The SMILES string of the molecule is CN1CCNC(=O)C12CCN(C(=O)CN1CC[C@H](c3ccccc3)C1)CC2. The molecule has 2 amide bonds. The van der Waals surface area contributed by atoms with Crippen molar-refractivity contribution in [3.05, 3.63) is 35.9 Å². The van der Waals surface area contributed by atoms with Crippen LogP contribution in [-0.2, 0) is 9.59 Å². The molecular weight excluding hydrogens is 340 g/mol. The molecule has 0 aromatic heterocycles. The average Bonchev–Trinajstić information content (AvgIpc) is 3.16. The maximum Gasteiger partial charge on any atom is 0.240 e. The first-order valence-electron chi connectivity index (χ1n) is 10.1. The Labute approximate surface area is 161 Å². The van der Waals surface area contributed by atoms with Gasteiger partial charge in [-0.25, -0.2) is 0 Å². The predicted octanol–water partition coefficient (Wildman–Crippen LogP) is 0.899. The first kappa shape index (κ1) is 18.4. The molecule has 1 N–H and O–H groups in total. The highest BCUT2D eigenvalue weighted by Crippen LogP contribution is 2.31. The number of piperazine rings is 1. The maximum absolute atomic E-state index is 12.8. The van der Waals surface area contributed by atoms with E-state index in [9.17, 15) is 9.59 Å². The van der Waals surface area contributed by atoms with Gasteiger partial charge in [-0.15, -0.1) is 0 Å². The number of nitrogens with zero attached hydrogens (tertiary/aromatic N) is 3. The fourth-order valence-corrected chi connectivity index (χ4v) is 4.89. The Balaban J connectivity index is 1.30. The maximum atomic E-state index is 12.8. The van der Waals surface area contributed by atoms with Crippen LogP contribution in [0.2, 0.25) is 0 Å². The highest BCUT2D eigenvalue weighted by atomic mass is 16.2. The van der Waals surface area contributed by atoms with E-state index in [-0.39, 0.29) is 11.8 Å². The van der Waals surface area contributed by atoms with Gasteiger partial charge in [0.25, 0.3) is 0 Å². The largest absolute Gasteiger partial charge is 0.353 e. The summed E-state index contributed by atoms with van der Waals surface area (Å²) in [7, 11) is 2.03. The zero-order chi connectivity index (χ0) is 18.9. The van der Waals surface area contributed by atoms with Crippen molar-refractivity contribution in [2.24, 2.45) is 0 Å². The van der Waals surface area contributed by atoms with Gasteiger partial charge < -0.3 is 10.2 Å². The van der Waals surface area contributed by atoms with Crippen molar-refractivity contribution in [2.45, 2.75) is 30.7 Å². The number of likely N-dealkylation sites (N-methyl/N-ethyl adjacent to an activating group) is 1. The third-order valence-electron chi connectivity index (χ3n) is 6.73. The molecule has 3 saturated heterocycles. The molecule has 6 heteroatoms. The number of amides is 2. The first-order valence-corrected chi connectivity index (χ1v) is 10.1. The van der Waals surface area contributed by atoms with E-state index < -0.39 is 5.54 Å². The van der Waals surface area contributed by atoms with Crippen molar-refractivity contribution < 1.29 is 9.59 Å². The molecule has 0 aliphatic carbocycles. The molecule has 1 spiro atoms. The number of carbonyl (C=O) groups is 2. The zero-order valence-electron chi connectivity index (χ0n) is 16.2. The number of likely N-dealkylation sites (tertiary alicyclic amines) is 2. The van der Waals surface area contributed by atoms with Crippen molar-refractivity contribution in [2.75, 3.05) is 52.9 Å². The number of hydrogen-bond donors (Lipinski definition) is 1. The Hall–Kier alpha value is -1.92. The Morgan fingerprint density at radius 2 is 1.89 bits per heavy atom. The van der Waals surface area contributed by atoms with Gasteiger partial charge in [0.05, 0.1) is 6.54 Å². The lowest BCUT2D eigenvalue weighted by Crippen LogP contribution is -2.67. The summed E-state index contributed by atoms with van der Waals surface area (Å²) in [5.41, 5.74) is 0.958. The lowest BCUT2D eigenvalue weighted by Gasteiger charge is -2.48. The summed E-state index contributed by atoms with van der Waals surface area (Å²) in [6.45, 7) is 5.38. The van der Waals surface area contributed by atoms with Gasteiger partial charge in [0.15, 0.2) is 0 Å². The van der Waals surface area contributed by atoms with Gasteiger partial charge in [-0.3, -0.25) is 19.4 Å². The molecule has 0 saturated carbocycles. The molecule has 3 aliphatic rings. The van der Waals surface area contributed by atoms with Crippen LogP contribution in [0, 0.1) is 0 Å². The van der Waals surface area contributed by atoms with E-state index in [4.69, 9.17) is 0 Å². The lowest BCUT2D eigenvalue weighted by molar-refractivity contribution is -0.145. The van der Waals surface area contributed by atoms with E-state index in [2.05, 4.69) is 39.4 Å². The molecule has 3 aliphatic heterocycles. The molecule has 1 aromatic rings. The van der Waals surface area contributed by atoms with E-state index in [0.717, 1.165) is 45.4 Å². The van der Waals surface area contributed by atoms with E-state index in [1.165, 1.54) is 5.56 Å². The second-order valence-electron chi connectivity index (χ2n) is 8.22. The van der Waals surface area contributed by atoms with Gasteiger partial charge in [-0.05, 0) is 44.3 Å². The molecule has 0 radical (unpaired) electrons. The van der Waals surface area contributed by atoms with Gasteiger partial charge >= 0.3 is 0 Å². The van der Waals surface area contributed by atoms with Crippen LogP contribution in [0.3, 0.4) is 0 Å². The third kappa shape index (κ3) is 3.60. The van der Waals surface area contributed by atoms with E-state index >= 15 is 0 Å². The van der Waals surface area contributed by atoms with Gasteiger partial charge in [-0.2, -0.15) is 0 Å². The number of rotatable bonds is 3. The molecule has 1 atom stereocenters. The minimum Gasteiger partial charge on any atom is -0.353 e. The molecule has 0 unspecified atom stereocenters. The minimum absolute atomic E-state index is 0.133. The van der Waals surface area contributed by atoms with Crippen LogP contribution >= 0.6 is 0 Å². The van der Waals surface area contributed by atoms with E-state index in [0.29, 0.717) is 25.6 Å². The van der Waals surface area contributed by atoms with Crippen molar-refractivity contribution in [3.63, 3.8) is 0 Å². The van der Waals surface area contributed by atoms with Gasteiger partial charge in [0, 0.05) is 32.7 Å². The van der Waals surface area contributed by atoms with E-state index in [1.807, 2.05) is 18.0 Å². The summed E-state index contributed by atoms with van der Waals surface area (Å²) in [5.74, 6) is 0.870. The van der Waals surface area contributed by atoms with Crippen LogP contribution in [0.5, 0.6) is 0 Å². The predicted molar refractivity (Wildman–Crippen MR) is 104 cm³/mol. The molecular formula is C21H30N4O2. The van der Waals surface area contributed by atoms with Crippen molar-refractivity contribution in [1.82, 2.24) is 20.0 Å². The Kier molecular flexibility index (Phi) is 5.19. The smallest absolute Gasteiger partial charge is 0.240 e. The molecule has 0 bridgehead atoms. The molecule has 6 nitrogen and oxygen atoms in total. The summed E-state index contributed by atoms with van der Waals surface area (Å²) in [4.78, 5) is 31.7.